The van der Waals surface area contributed by atoms with E-state index >= 15 is 0 Å². The number of carbonyl (C=O) groups is 1. The van der Waals surface area contributed by atoms with Crippen LogP contribution in [0.3, 0.4) is 0 Å². The Kier molecular flexibility index (Phi) is 4.02. The van der Waals surface area contributed by atoms with Crippen LogP contribution in [-0.2, 0) is 9.53 Å². The zero-order valence-corrected chi connectivity index (χ0v) is 11.8. The summed E-state index contributed by atoms with van der Waals surface area (Å²) in [6.45, 7) is 3.13. The molecule has 6 heteroatoms. The third-order valence-electron chi connectivity index (χ3n) is 4.15. The second-order valence-corrected chi connectivity index (χ2v) is 5.51. The second kappa shape index (κ2) is 6.10. The Morgan fingerprint density at radius 3 is 3.19 bits per heavy atom. The maximum absolute atomic E-state index is 11.6. The van der Waals surface area contributed by atoms with Crippen molar-refractivity contribution < 1.29 is 9.53 Å². The lowest BCUT2D eigenvalue weighted by atomic mass is 10.1. The zero-order chi connectivity index (χ0) is 14.7. The monoisotopic (exact) mass is 286 g/mol. The van der Waals surface area contributed by atoms with Crippen LogP contribution in [0.15, 0.2) is 18.3 Å². The van der Waals surface area contributed by atoms with E-state index in [0.717, 1.165) is 32.5 Å². The van der Waals surface area contributed by atoms with Crippen molar-refractivity contribution in [1.82, 2.24) is 9.88 Å². The molecule has 0 unspecified atom stereocenters. The highest BCUT2D eigenvalue weighted by Gasteiger charge is 2.36. The molecule has 2 atom stereocenters. The number of nitriles is 1. The first-order chi connectivity index (χ1) is 10.3. The Hall–Kier alpha value is -2.13. The average Bonchev–Trinajstić information content (AvgIpc) is 3.14. The van der Waals surface area contributed by atoms with E-state index in [2.05, 4.69) is 21.3 Å². The first-order valence-corrected chi connectivity index (χ1v) is 7.27. The number of ether oxygens (including phenoxy) is 1. The van der Waals surface area contributed by atoms with E-state index in [-0.39, 0.29) is 12.0 Å². The molecule has 0 aliphatic carbocycles. The van der Waals surface area contributed by atoms with Gasteiger partial charge in [0.05, 0.1) is 12.2 Å². The van der Waals surface area contributed by atoms with Crippen molar-refractivity contribution in [2.45, 2.75) is 18.9 Å². The largest absolute Gasteiger partial charge is 0.464 e. The number of anilines is 1. The van der Waals surface area contributed by atoms with Crippen LogP contribution in [0.5, 0.6) is 0 Å². The number of aromatic nitrogens is 1. The maximum atomic E-state index is 11.6. The molecule has 6 nitrogen and oxygen atoms in total. The minimum Gasteiger partial charge on any atom is -0.464 e. The van der Waals surface area contributed by atoms with Crippen molar-refractivity contribution in [1.29, 1.82) is 5.26 Å². The summed E-state index contributed by atoms with van der Waals surface area (Å²) in [5.74, 6) is 1.02. The highest BCUT2D eigenvalue weighted by atomic mass is 16.5. The van der Waals surface area contributed by atoms with Gasteiger partial charge < -0.3 is 10.1 Å². The van der Waals surface area contributed by atoms with Gasteiger partial charge in [-0.25, -0.2) is 4.98 Å². The number of nitrogens with zero attached hydrogens (tertiary/aromatic N) is 3. The summed E-state index contributed by atoms with van der Waals surface area (Å²) in [6.07, 6.45) is 3.53. The van der Waals surface area contributed by atoms with E-state index in [4.69, 9.17) is 10.00 Å². The van der Waals surface area contributed by atoms with Gasteiger partial charge >= 0.3 is 5.97 Å². The number of cyclic esters (lactones) is 1. The number of pyridine rings is 1. The van der Waals surface area contributed by atoms with Crippen LogP contribution < -0.4 is 5.32 Å². The van der Waals surface area contributed by atoms with Crippen LogP contribution in [0.1, 0.15) is 18.4 Å². The molecule has 3 rings (SSSR count). The van der Waals surface area contributed by atoms with Gasteiger partial charge in [0.2, 0.25) is 0 Å². The Morgan fingerprint density at radius 2 is 2.43 bits per heavy atom. The highest BCUT2D eigenvalue weighted by Crippen LogP contribution is 2.24. The van der Waals surface area contributed by atoms with Crippen LogP contribution in [0.25, 0.3) is 0 Å². The van der Waals surface area contributed by atoms with Gasteiger partial charge in [-0.1, -0.05) is 0 Å². The summed E-state index contributed by atoms with van der Waals surface area (Å²) in [4.78, 5) is 18.0. The second-order valence-electron chi connectivity index (χ2n) is 5.51. The Morgan fingerprint density at radius 1 is 1.52 bits per heavy atom. The van der Waals surface area contributed by atoms with E-state index in [1.54, 1.807) is 18.3 Å². The molecule has 0 saturated carbocycles. The standard InChI is InChI=1S/C15H18N4O2/c16-8-12-2-1-5-17-14(12)18-9-11-3-6-19(10-11)13-4-7-21-15(13)20/h1-2,5,11,13H,3-4,6-7,9-10H2,(H,17,18)/t11-,13+/m1/s1. The number of hydrogen-bond acceptors (Lipinski definition) is 6. The number of esters is 1. The van der Waals surface area contributed by atoms with E-state index in [9.17, 15) is 4.79 Å². The molecule has 1 N–H and O–H groups in total. The Labute approximate surface area is 123 Å². The zero-order valence-electron chi connectivity index (χ0n) is 11.8. The molecule has 0 amide bonds. The van der Waals surface area contributed by atoms with Crippen molar-refractivity contribution in [2.75, 3.05) is 31.6 Å². The van der Waals surface area contributed by atoms with Crippen molar-refractivity contribution in [3.63, 3.8) is 0 Å². The van der Waals surface area contributed by atoms with E-state index in [1.165, 1.54) is 0 Å². The van der Waals surface area contributed by atoms with Crippen LogP contribution >= 0.6 is 0 Å². The van der Waals surface area contributed by atoms with Crippen LogP contribution in [0.4, 0.5) is 5.82 Å². The van der Waals surface area contributed by atoms with E-state index in [0.29, 0.717) is 23.9 Å². The molecule has 0 radical (unpaired) electrons. The van der Waals surface area contributed by atoms with E-state index < -0.39 is 0 Å². The molecule has 2 aliphatic rings. The molecule has 0 aromatic carbocycles. The van der Waals surface area contributed by atoms with Gasteiger partial charge in [-0.3, -0.25) is 9.69 Å². The van der Waals surface area contributed by atoms with Gasteiger partial charge in [0.25, 0.3) is 0 Å². The number of likely N-dealkylation sites (tertiary alicyclic amines) is 1. The first kappa shape index (κ1) is 13.8. The van der Waals surface area contributed by atoms with Gasteiger partial charge in [-0.15, -0.1) is 0 Å². The van der Waals surface area contributed by atoms with Crippen LogP contribution in [0, 0.1) is 17.2 Å². The molecule has 3 heterocycles. The number of nitrogens with one attached hydrogen (secondary N) is 1. The fourth-order valence-electron chi connectivity index (χ4n) is 3.01. The quantitative estimate of drug-likeness (QED) is 0.832. The minimum absolute atomic E-state index is 0.0560. The van der Waals surface area contributed by atoms with Crippen molar-refractivity contribution in [3.05, 3.63) is 23.9 Å². The summed E-state index contributed by atoms with van der Waals surface area (Å²) in [6, 6.07) is 5.59. The van der Waals surface area contributed by atoms with Crippen molar-refractivity contribution in [3.8, 4) is 6.07 Å². The molecule has 0 bridgehead atoms. The Bertz CT molecular complexity index is 569. The topological polar surface area (TPSA) is 78.2 Å². The molecular formula is C15H18N4O2. The molecule has 1 aromatic heterocycles. The van der Waals surface area contributed by atoms with Crippen LogP contribution in [0.2, 0.25) is 0 Å². The lowest BCUT2D eigenvalue weighted by molar-refractivity contribution is -0.142. The molecule has 0 spiro atoms. The average molecular weight is 286 g/mol. The van der Waals surface area contributed by atoms with Gasteiger partial charge in [0, 0.05) is 25.7 Å². The molecular weight excluding hydrogens is 268 g/mol. The molecule has 2 aliphatic heterocycles. The van der Waals surface area contributed by atoms with Crippen LogP contribution in [-0.4, -0.2) is 48.1 Å². The third kappa shape index (κ3) is 2.98. The smallest absolute Gasteiger partial charge is 0.323 e. The molecule has 21 heavy (non-hydrogen) atoms. The lowest BCUT2D eigenvalue weighted by Gasteiger charge is -2.20. The lowest BCUT2D eigenvalue weighted by Crippen LogP contribution is -2.37. The molecule has 2 fully saturated rings. The molecule has 1 aromatic rings. The predicted molar refractivity (Wildman–Crippen MR) is 76.5 cm³/mol. The number of rotatable bonds is 4. The first-order valence-electron chi connectivity index (χ1n) is 7.27. The van der Waals surface area contributed by atoms with E-state index in [1.807, 2.05) is 0 Å². The number of carbonyl (C=O) groups excluding carboxylic acids is 1. The Balaban J connectivity index is 1.53. The number of hydrogen-bond donors (Lipinski definition) is 1. The normalized spacial score (nSPS) is 25.6. The highest BCUT2D eigenvalue weighted by molar-refractivity contribution is 5.77. The van der Waals surface area contributed by atoms with Crippen molar-refractivity contribution >= 4 is 11.8 Å². The fourth-order valence-corrected chi connectivity index (χ4v) is 3.01. The van der Waals surface area contributed by atoms with Gasteiger partial charge in [-0.05, 0) is 31.0 Å². The van der Waals surface area contributed by atoms with Crippen molar-refractivity contribution in [2.24, 2.45) is 5.92 Å². The summed E-state index contributed by atoms with van der Waals surface area (Å²) in [7, 11) is 0. The van der Waals surface area contributed by atoms with Gasteiger partial charge in [0.1, 0.15) is 17.9 Å². The minimum atomic E-state index is -0.0832. The fraction of sp³-hybridized carbons (Fsp3) is 0.533. The SMILES string of the molecule is N#Cc1cccnc1NC[C@H]1CCN([C@H]2CCOC2=O)C1. The summed E-state index contributed by atoms with van der Waals surface area (Å²) in [5, 5.41) is 12.3. The molecule has 2 saturated heterocycles. The summed E-state index contributed by atoms with van der Waals surface area (Å²) < 4.78 is 5.03. The maximum Gasteiger partial charge on any atom is 0.323 e. The van der Waals surface area contributed by atoms with Gasteiger partial charge in [0.15, 0.2) is 0 Å². The molecule has 110 valence electrons. The predicted octanol–water partition coefficient (Wildman–Crippen LogP) is 1.00. The third-order valence-corrected chi connectivity index (χ3v) is 4.15. The van der Waals surface area contributed by atoms with Gasteiger partial charge in [-0.2, -0.15) is 5.26 Å². The summed E-state index contributed by atoms with van der Waals surface area (Å²) in [5.41, 5.74) is 0.562. The summed E-state index contributed by atoms with van der Waals surface area (Å²) >= 11 is 0.